The number of primary amides is 1. The Morgan fingerprint density at radius 2 is 1.80 bits per heavy atom. The number of nitro benzene ring substituents is 1. The van der Waals surface area contributed by atoms with E-state index in [1.165, 1.54) is 18.2 Å². The van der Waals surface area contributed by atoms with Crippen LogP contribution in [0, 0.1) is 10.1 Å². The molecule has 0 atom stereocenters. The molecule has 0 radical (unpaired) electrons. The number of hydrogen-bond donors (Lipinski definition) is 2. The molecular weight excluding hydrogens is 479 g/mol. The molecule has 0 unspecified atom stereocenters. The van der Waals surface area contributed by atoms with Gasteiger partial charge < -0.3 is 15.8 Å². The third-order valence-electron chi connectivity index (χ3n) is 4.54. The second kappa shape index (κ2) is 9.58. The summed E-state index contributed by atoms with van der Waals surface area (Å²) in [5, 5.41) is 17.0. The molecule has 0 spiro atoms. The van der Waals surface area contributed by atoms with Crippen molar-refractivity contribution in [2.45, 2.75) is 12.7 Å². The average Bonchev–Trinajstić information content (AvgIpc) is 2.78. The number of nitrogens with two attached hydrogens (primary N) is 1. The molecule has 0 saturated heterocycles. The molecular formula is C20H14F3N5O7. The number of amides is 2. The number of anilines is 1. The zero-order chi connectivity index (χ0) is 25.9. The van der Waals surface area contributed by atoms with E-state index in [2.05, 4.69) is 5.10 Å². The van der Waals surface area contributed by atoms with Crippen LogP contribution >= 0.6 is 0 Å². The lowest BCUT2D eigenvalue weighted by Crippen LogP contribution is -2.32. The normalized spacial score (nSPS) is 11.2. The number of carbonyl (C=O) groups excluding carboxylic acids is 3. The van der Waals surface area contributed by atoms with Crippen molar-refractivity contribution in [2.75, 3.05) is 11.9 Å². The van der Waals surface area contributed by atoms with Crippen molar-refractivity contribution in [1.29, 1.82) is 0 Å². The molecule has 2 aromatic carbocycles. The fraction of sp³-hybridized carbons (Fsp3) is 0.150. The van der Waals surface area contributed by atoms with Crippen LogP contribution in [-0.4, -0.2) is 39.1 Å². The Balaban J connectivity index is 1.71. The number of aromatic nitrogens is 2. The minimum absolute atomic E-state index is 0.0523. The molecule has 1 heterocycles. The number of rotatable bonds is 7. The summed E-state index contributed by atoms with van der Waals surface area (Å²) in [4.78, 5) is 58.3. The van der Waals surface area contributed by atoms with Crippen molar-refractivity contribution in [3.05, 3.63) is 74.2 Å². The highest BCUT2D eigenvalue weighted by molar-refractivity contribution is 6.04. The summed E-state index contributed by atoms with van der Waals surface area (Å²) in [6.07, 6.45) is -4.84. The van der Waals surface area contributed by atoms with Gasteiger partial charge >= 0.3 is 12.1 Å². The summed E-state index contributed by atoms with van der Waals surface area (Å²) in [6, 6.07) is 7.36. The largest absolute Gasteiger partial charge is 0.454 e. The van der Waals surface area contributed by atoms with Crippen molar-refractivity contribution in [3.63, 3.8) is 0 Å². The zero-order valence-electron chi connectivity index (χ0n) is 17.4. The van der Waals surface area contributed by atoms with Gasteiger partial charge in [-0.05, 0) is 18.2 Å². The summed E-state index contributed by atoms with van der Waals surface area (Å²) in [5.74, 6) is -3.19. The minimum Gasteiger partial charge on any atom is -0.454 e. The van der Waals surface area contributed by atoms with Gasteiger partial charge in [-0.15, -0.1) is 0 Å². The molecule has 0 aliphatic heterocycles. The number of nitro groups is 1. The molecule has 0 aliphatic carbocycles. The van der Waals surface area contributed by atoms with E-state index < -0.39 is 64.5 Å². The molecule has 3 rings (SSSR count). The summed E-state index contributed by atoms with van der Waals surface area (Å²) >= 11 is 0. The number of nitrogens with zero attached hydrogens (tertiary/aromatic N) is 3. The van der Waals surface area contributed by atoms with Gasteiger partial charge in [0.05, 0.1) is 15.9 Å². The van der Waals surface area contributed by atoms with Gasteiger partial charge in [0.15, 0.2) is 12.3 Å². The van der Waals surface area contributed by atoms with E-state index >= 15 is 0 Å². The first kappa shape index (κ1) is 24.8. The van der Waals surface area contributed by atoms with Crippen LogP contribution < -0.4 is 16.6 Å². The Morgan fingerprint density at radius 1 is 1.14 bits per heavy atom. The number of benzene rings is 2. The van der Waals surface area contributed by atoms with Gasteiger partial charge in [-0.25, -0.2) is 4.68 Å². The number of esters is 1. The van der Waals surface area contributed by atoms with Crippen LogP contribution in [0.1, 0.15) is 16.1 Å². The maximum Gasteiger partial charge on any atom is 0.416 e. The van der Waals surface area contributed by atoms with Crippen molar-refractivity contribution in [3.8, 4) is 0 Å². The second-order valence-corrected chi connectivity index (χ2v) is 6.92. The van der Waals surface area contributed by atoms with Crippen molar-refractivity contribution in [2.24, 2.45) is 5.73 Å². The number of halogens is 3. The molecule has 1 aromatic heterocycles. The lowest BCUT2D eigenvalue weighted by Gasteiger charge is -2.11. The van der Waals surface area contributed by atoms with Gasteiger partial charge in [-0.2, -0.15) is 18.3 Å². The Bertz CT molecular complexity index is 1420. The molecule has 35 heavy (non-hydrogen) atoms. The Kier molecular flexibility index (Phi) is 6.79. The van der Waals surface area contributed by atoms with E-state index in [0.717, 1.165) is 0 Å². The summed E-state index contributed by atoms with van der Waals surface area (Å²) in [5.41, 5.74) is 1.38. The average molecular weight is 493 g/mol. The number of hydrogen-bond acceptors (Lipinski definition) is 8. The van der Waals surface area contributed by atoms with Crippen molar-refractivity contribution >= 4 is 39.9 Å². The number of nitrogens with one attached hydrogen (secondary N) is 1. The minimum atomic E-state index is -4.84. The predicted octanol–water partition coefficient (Wildman–Crippen LogP) is 1.60. The van der Waals surface area contributed by atoms with E-state index in [4.69, 9.17) is 10.5 Å². The van der Waals surface area contributed by atoms with Gasteiger partial charge in [0.25, 0.3) is 23.1 Å². The van der Waals surface area contributed by atoms with Crippen LogP contribution in [0.25, 0.3) is 10.8 Å². The van der Waals surface area contributed by atoms with Gasteiger partial charge in [0.1, 0.15) is 12.2 Å². The lowest BCUT2D eigenvalue weighted by atomic mass is 10.1. The number of alkyl halides is 3. The predicted molar refractivity (Wildman–Crippen MR) is 112 cm³/mol. The third-order valence-corrected chi connectivity index (χ3v) is 4.54. The molecule has 0 bridgehead atoms. The standard InChI is InChI=1S/C20H14F3N5O7/c21-20(22,23)10-5-6-13(14(7-10)28(33)34)25-15(29)9-35-16(30)8-27-19(32)12-4-2-1-3-11(12)17(26-27)18(24)31/h1-7H,8-9H2,(H2,24,31)(H,25,29). The topological polar surface area (TPSA) is 177 Å². The fourth-order valence-electron chi connectivity index (χ4n) is 2.99. The highest BCUT2D eigenvalue weighted by Crippen LogP contribution is 2.34. The van der Waals surface area contributed by atoms with Gasteiger partial charge in [0.2, 0.25) is 0 Å². The Morgan fingerprint density at radius 3 is 2.40 bits per heavy atom. The van der Waals surface area contributed by atoms with Crippen LogP contribution in [0.2, 0.25) is 0 Å². The molecule has 2 amide bonds. The monoisotopic (exact) mass is 493 g/mol. The first-order valence-electron chi connectivity index (χ1n) is 9.49. The Hall–Kier alpha value is -4.82. The van der Waals surface area contributed by atoms with E-state index in [9.17, 15) is 42.5 Å². The van der Waals surface area contributed by atoms with Gasteiger partial charge in [0, 0.05) is 11.5 Å². The summed E-state index contributed by atoms with van der Waals surface area (Å²) in [6.45, 7) is -1.79. The van der Waals surface area contributed by atoms with E-state index in [1.54, 1.807) is 6.07 Å². The van der Waals surface area contributed by atoms with E-state index in [1.807, 2.05) is 5.32 Å². The lowest BCUT2D eigenvalue weighted by molar-refractivity contribution is -0.384. The molecule has 12 nitrogen and oxygen atoms in total. The quantitative estimate of drug-likeness (QED) is 0.283. The maximum absolute atomic E-state index is 12.8. The number of carbonyl (C=O) groups is 3. The highest BCUT2D eigenvalue weighted by Gasteiger charge is 2.33. The van der Waals surface area contributed by atoms with Crippen LogP contribution in [0.3, 0.4) is 0 Å². The molecule has 3 N–H and O–H groups in total. The van der Waals surface area contributed by atoms with Crippen LogP contribution in [0.15, 0.2) is 47.3 Å². The van der Waals surface area contributed by atoms with Crippen LogP contribution in [-0.2, 0) is 27.0 Å². The van der Waals surface area contributed by atoms with E-state index in [0.29, 0.717) is 16.8 Å². The molecule has 182 valence electrons. The molecule has 0 fully saturated rings. The summed E-state index contributed by atoms with van der Waals surface area (Å²) in [7, 11) is 0. The first-order valence-corrected chi connectivity index (χ1v) is 9.49. The Labute approximate surface area is 192 Å². The second-order valence-electron chi connectivity index (χ2n) is 6.92. The van der Waals surface area contributed by atoms with Crippen molar-refractivity contribution in [1.82, 2.24) is 9.78 Å². The molecule has 0 saturated carbocycles. The van der Waals surface area contributed by atoms with Crippen LogP contribution in [0.4, 0.5) is 24.5 Å². The van der Waals surface area contributed by atoms with Crippen LogP contribution in [0.5, 0.6) is 0 Å². The zero-order valence-corrected chi connectivity index (χ0v) is 17.4. The van der Waals surface area contributed by atoms with E-state index in [-0.39, 0.29) is 22.5 Å². The molecule has 0 aliphatic rings. The summed E-state index contributed by atoms with van der Waals surface area (Å²) < 4.78 is 43.6. The third kappa shape index (κ3) is 5.58. The molecule has 3 aromatic rings. The first-order chi connectivity index (χ1) is 16.4. The van der Waals surface area contributed by atoms with Gasteiger partial charge in [-0.1, -0.05) is 18.2 Å². The van der Waals surface area contributed by atoms with Gasteiger partial charge in [-0.3, -0.25) is 29.3 Å². The SMILES string of the molecule is NC(=O)c1nn(CC(=O)OCC(=O)Nc2ccc(C(F)(F)F)cc2[N+](=O)[O-])c(=O)c2ccccc12. The maximum atomic E-state index is 12.8. The fourth-order valence-corrected chi connectivity index (χ4v) is 2.99. The van der Waals surface area contributed by atoms with Crippen molar-refractivity contribution < 1.29 is 37.2 Å². The number of fused-ring (bicyclic) bond motifs is 1. The highest BCUT2D eigenvalue weighted by atomic mass is 19.4. The number of ether oxygens (including phenoxy) is 1. The smallest absolute Gasteiger partial charge is 0.416 e. The molecule has 15 heteroatoms.